The summed E-state index contributed by atoms with van der Waals surface area (Å²) in [7, 11) is 1.22. The van der Waals surface area contributed by atoms with Gasteiger partial charge in [0.1, 0.15) is 0 Å². The Kier molecular flexibility index (Phi) is 5.65. The molecule has 0 unspecified atom stereocenters. The molecule has 1 aromatic rings. The van der Waals surface area contributed by atoms with Crippen molar-refractivity contribution in [2.24, 2.45) is 0 Å². The Balaban J connectivity index is 2.73. The van der Waals surface area contributed by atoms with E-state index in [4.69, 9.17) is 0 Å². The van der Waals surface area contributed by atoms with Crippen molar-refractivity contribution in [3.05, 3.63) is 35.9 Å². The largest absolute Gasteiger partial charge is 0.431 e. The number of benzene rings is 1. The van der Waals surface area contributed by atoms with Crippen LogP contribution in [0.15, 0.2) is 30.3 Å². The summed E-state index contributed by atoms with van der Waals surface area (Å²) in [4.78, 5) is 12.6. The fourth-order valence-corrected chi connectivity index (χ4v) is 1.86. The third-order valence-electron chi connectivity index (χ3n) is 3.27. The molecule has 9 heteroatoms. The molecule has 1 aromatic carbocycles. The van der Waals surface area contributed by atoms with E-state index < -0.39 is 36.8 Å². The van der Waals surface area contributed by atoms with E-state index in [9.17, 15) is 35.5 Å². The zero-order chi connectivity index (χ0) is 17.9. The van der Waals surface area contributed by atoms with E-state index >= 15 is 0 Å². The predicted molar refractivity (Wildman–Crippen MR) is 68.1 cm³/mol. The van der Waals surface area contributed by atoms with Crippen molar-refractivity contribution in [3.63, 3.8) is 0 Å². The number of carbonyl (C=O) groups excluding carboxylic acids is 1. The number of hydrogen-bond acceptors (Lipinski definition) is 1. The van der Waals surface area contributed by atoms with Gasteiger partial charge in [0, 0.05) is 26.4 Å². The van der Waals surface area contributed by atoms with Gasteiger partial charge in [0.25, 0.3) is 5.67 Å². The molecule has 0 radical (unpaired) electrons. The van der Waals surface area contributed by atoms with Crippen LogP contribution in [0.3, 0.4) is 0 Å². The summed E-state index contributed by atoms with van der Waals surface area (Å²) >= 11 is 0. The standard InChI is InChI=1S/C14H14F7NO/c1-22(9-10-5-3-2-4-6-10)11(23)7-8-12(15,13(16,17)18)14(19,20)21/h2-6H,7-9H2,1H3. The van der Waals surface area contributed by atoms with Crippen molar-refractivity contribution in [2.75, 3.05) is 7.05 Å². The zero-order valence-electron chi connectivity index (χ0n) is 12.0. The van der Waals surface area contributed by atoms with Gasteiger partial charge in [-0.3, -0.25) is 4.79 Å². The van der Waals surface area contributed by atoms with Crippen LogP contribution < -0.4 is 0 Å². The van der Waals surface area contributed by atoms with E-state index in [1.54, 1.807) is 30.3 Å². The molecule has 23 heavy (non-hydrogen) atoms. The van der Waals surface area contributed by atoms with Gasteiger partial charge in [-0.1, -0.05) is 30.3 Å². The van der Waals surface area contributed by atoms with Gasteiger partial charge in [-0.2, -0.15) is 26.3 Å². The Hall–Kier alpha value is -1.80. The maximum absolute atomic E-state index is 13.4. The fourth-order valence-electron chi connectivity index (χ4n) is 1.86. The van der Waals surface area contributed by atoms with Crippen LogP contribution in [-0.2, 0) is 11.3 Å². The molecule has 2 nitrogen and oxygen atoms in total. The molecule has 0 saturated heterocycles. The highest BCUT2D eigenvalue weighted by atomic mass is 19.4. The quantitative estimate of drug-likeness (QED) is 0.731. The van der Waals surface area contributed by atoms with Crippen molar-refractivity contribution in [2.45, 2.75) is 37.4 Å². The first-order chi connectivity index (χ1) is 10.4. The van der Waals surface area contributed by atoms with Gasteiger partial charge in [-0.15, -0.1) is 0 Å². The normalized spacial score (nSPS) is 13.0. The van der Waals surface area contributed by atoms with Crippen LogP contribution >= 0.6 is 0 Å². The average Bonchev–Trinajstić information content (AvgIpc) is 2.42. The first kappa shape index (κ1) is 19.2. The molecular formula is C14H14F7NO. The molecule has 0 aromatic heterocycles. The topological polar surface area (TPSA) is 20.3 Å². The summed E-state index contributed by atoms with van der Waals surface area (Å²) < 4.78 is 87.7. The van der Waals surface area contributed by atoms with Crippen molar-refractivity contribution in [3.8, 4) is 0 Å². The van der Waals surface area contributed by atoms with E-state index in [0.717, 1.165) is 4.90 Å². The maximum atomic E-state index is 13.4. The highest BCUT2D eigenvalue weighted by Gasteiger charge is 2.71. The van der Waals surface area contributed by atoms with Crippen molar-refractivity contribution in [1.82, 2.24) is 4.90 Å². The summed E-state index contributed by atoms with van der Waals surface area (Å²) in [5.41, 5.74) is -4.76. The summed E-state index contributed by atoms with van der Waals surface area (Å²) in [6, 6.07) is 8.29. The molecule has 1 rings (SSSR count). The molecule has 0 aliphatic carbocycles. The second-order valence-corrected chi connectivity index (χ2v) is 5.03. The third-order valence-corrected chi connectivity index (χ3v) is 3.27. The Morgan fingerprint density at radius 2 is 1.43 bits per heavy atom. The summed E-state index contributed by atoms with van der Waals surface area (Å²) in [6.45, 7) is -0.00298. The molecule has 0 aliphatic rings. The molecule has 0 heterocycles. The van der Waals surface area contributed by atoms with Crippen LogP contribution in [0.4, 0.5) is 30.7 Å². The van der Waals surface area contributed by atoms with Gasteiger partial charge >= 0.3 is 12.4 Å². The van der Waals surface area contributed by atoms with Crippen LogP contribution in [0.25, 0.3) is 0 Å². The Morgan fingerprint density at radius 3 is 1.87 bits per heavy atom. The smallest absolute Gasteiger partial charge is 0.341 e. The van der Waals surface area contributed by atoms with Crippen molar-refractivity contribution < 1.29 is 35.5 Å². The van der Waals surface area contributed by atoms with Gasteiger partial charge in [-0.25, -0.2) is 4.39 Å². The number of rotatable bonds is 5. The predicted octanol–water partition coefficient (Wildman–Crippen LogP) is 4.26. The molecule has 130 valence electrons. The van der Waals surface area contributed by atoms with Gasteiger partial charge < -0.3 is 4.90 Å². The SMILES string of the molecule is CN(Cc1ccccc1)C(=O)CCC(F)(C(F)(F)F)C(F)(F)F. The van der Waals surface area contributed by atoms with E-state index in [1.165, 1.54) is 7.05 Å². The molecular weight excluding hydrogens is 331 g/mol. The lowest BCUT2D eigenvalue weighted by atomic mass is 9.97. The molecule has 0 aliphatic heterocycles. The lowest BCUT2D eigenvalue weighted by molar-refractivity contribution is -0.343. The first-order valence-corrected chi connectivity index (χ1v) is 6.49. The maximum Gasteiger partial charge on any atom is 0.431 e. The second kappa shape index (κ2) is 6.76. The van der Waals surface area contributed by atoms with Gasteiger partial charge in [0.05, 0.1) is 0 Å². The lowest BCUT2D eigenvalue weighted by Crippen LogP contribution is -2.53. The van der Waals surface area contributed by atoms with Gasteiger partial charge in [0.15, 0.2) is 0 Å². The highest BCUT2D eigenvalue weighted by molar-refractivity contribution is 5.76. The van der Waals surface area contributed by atoms with Crippen molar-refractivity contribution in [1.29, 1.82) is 0 Å². The molecule has 0 atom stereocenters. The number of carbonyl (C=O) groups is 1. The average molecular weight is 345 g/mol. The van der Waals surface area contributed by atoms with Crippen LogP contribution in [0.2, 0.25) is 0 Å². The second-order valence-electron chi connectivity index (χ2n) is 5.03. The molecule has 0 bridgehead atoms. The highest BCUT2D eigenvalue weighted by Crippen LogP contribution is 2.48. The van der Waals surface area contributed by atoms with E-state index in [1.807, 2.05) is 0 Å². The van der Waals surface area contributed by atoms with Crippen LogP contribution in [0.5, 0.6) is 0 Å². The van der Waals surface area contributed by atoms with Crippen LogP contribution in [0, 0.1) is 0 Å². The number of halogens is 7. The van der Waals surface area contributed by atoms with E-state index in [0.29, 0.717) is 5.56 Å². The summed E-state index contributed by atoms with van der Waals surface area (Å²) in [6.07, 6.45) is -15.5. The Bertz CT molecular complexity index is 510. The molecule has 0 fully saturated rings. The number of hydrogen-bond donors (Lipinski definition) is 0. The van der Waals surface area contributed by atoms with Gasteiger partial charge in [0.2, 0.25) is 5.91 Å². The lowest BCUT2D eigenvalue weighted by Gasteiger charge is -2.30. The minimum absolute atomic E-state index is 0.00298. The number of nitrogens with zero attached hydrogens (tertiary/aromatic N) is 1. The van der Waals surface area contributed by atoms with E-state index in [2.05, 4.69) is 0 Å². The molecule has 0 N–H and O–H groups in total. The van der Waals surface area contributed by atoms with Crippen LogP contribution in [-0.4, -0.2) is 35.9 Å². The first-order valence-electron chi connectivity index (χ1n) is 6.49. The Morgan fingerprint density at radius 1 is 0.957 bits per heavy atom. The number of amides is 1. The monoisotopic (exact) mass is 345 g/mol. The van der Waals surface area contributed by atoms with E-state index in [-0.39, 0.29) is 6.54 Å². The molecule has 0 saturated carbocycles. The van der Waals surface area contributed by atoms with Crippen molar-refractivity contribution >= 4 is 5.91 Å². The minimum Gasteiger partial charge on any atom is -0.341 e. The number of alkyl halides is 7. The summed E-state index contributed by atoms with van der Waals surface area (Å²) in [5, 5.41) is 0. The minimum atomic E-state index is -6.14. The third kappa shape index (κ3) is 4.59. The fraction of sp³-hybridized carbons (Fsp3) is 0.500. The van der Waals surface area contributed by atoms with Crippen LogP contribution in [0.1, 0.15) is 18.4 Å². The van der Waals surface area contributed by atoms with Gasteiger partial charge in [-0.05, 0) is 5.56 Å². The summed E-state index contributed by atoms with van der Waals surface area (Å²) in [5.74, 6) is -1.01. The zero-order valence-corrected chi connectivity index (χ0v) is 12.0. The Labute approximate surface area is 127 Å². The molecule has 0 spiro atoms. The molecule has 1 amide bonds.